The maximum Gasteiger partial charge on any atom is 0.231 e. The highest BCUT2D eigenvalue weighted by atomic mass is 16.5. The summed E-state index contributed by atoms with van der Waals surface area (Å²) < 4.78 is 5.66. The van der Waals surface area contributed by atoms with Crippen molar-refractivity contribution in [3.8, 4) is 17.9 Å². The fourth-order valence-electron chi connectivity index (χ4n) is 3.88. The monoisotopic (exact) mass is 338 g/mol. The molecule has 130 valence electrons. The van der Waals surface area contributed by atoms with Gasteiger partial charge in [0.1, 0.15) is 6.07 Å². The van der Waals surface area contributed by atoms with Gasteiger partial charge in [-0.05, 0) is 19.4 Å². The Hall–Kier alpha value is -2.57. The molecule has 2 aliphatic heterocycles. The molecule has 2 aliphatic rings. The number of carbonyl (C=O) groups excluding carboxylic acids is 1. The van der Waals surface area contributed by atoms with Crippen molar-refractivity contribution in [3.05, 3.63) is 24.0 Å². The Morgan fingerprint density at radius 1 is 1.60 bits per heavy atom. The molecule has 2 fully saturated rings. The second-order valence-corrected chi connectivity index (χ2v) is 6.65. The molecule has 2 atom stereocenters. The molecular formula is C19H22N4O2. The Morgan fingerprint density at radius 2 is 2.44 bits per heavy atom. The summed E-state index contributed by atoms with van der Waals surface area (Å²) in [5.41, 5.74) is 0.906. The van der Waals surface area contributed by atoms with Gasteiger partial charge < -0.3 is 14.5 Å². The summed E-state index contributed by atoms with van der Waals surface area (Å²) >= 11 is 0. The summed E-state index contributed by atoms with van der Waals surface area (Å²) in [6.07, 6.45) is 3.96. The van der Waals surface area contributed by atoms with E-state index in [4.69, 9.17) is 4.74 Å². The molecule has 0 bridgehead atoms. The predicted molar refractivity (Wildman–Crippen MR) is 93.6 cm³/mol. The first-order valence-corrected chi connectivity index (χ1v) is 8.44. The van der Waals surface area contributed by atoms with E-state index in [9.17, 15) is 10.1 Å². The van der Waals surface area contributed by atoms with E-state index < -0.39 is 5.41 Å². The van der Waals surface area contributed by atoms with E-state index in [1.807, 2.05) is 13.1 Å². The van der Waals surface area contributed by atoms with Crippen molar-refractivity contribution in [2.24, 2.45) is 11.3 Å². The predicted octanol–water partition coefficient (Wildman–Crippen LogP) is 1.28. The zero-order valence-corrected chi connectivity index (χ0v) is 14.7. The molecule has 3 rings (SSSR count). The number of ether oxygens (including phenoxy) is 1. The Labute approximate surface area is 148 Å². The van der Waals surface area contributed by atoms with Gasteiger partial charge in [-0.2, -0.15) is 5.26 Å². The average Bonchev–Trinajstić information content (AvgIpc) is 3.06. The van der Waals surface area contributed by atoms with Gasteiger partial charge in [0.2, 0.25) is 5.91 Å². The number of nitriles is 1. The topological polar surface area (TPSA) is 69.5 Å². The van der Waals surface area contributed by atoms with Gasteiger partial charge >= 0.3 is 0 Å². The minimum Gasteiger partial charge on any atom is -0.381 e. The molecule has 25 heavy (non-hydrogen) atoms. The zero-order chi connectivity index (χ0) is 17.9. The Bertz CT molecular complexity index is 761. The molecule has 0 N–H and O–H groups in total. The van der Waals surface area contributed by atoms with Crippen LogP contribution >= 0.6 is 0 Å². The zero-order valence-electron chi connectivity index (χ0n) is 14.7. The van der Waals surface area contributed by atoms with Crippen molar-refractivity contribution < 1.29 is 9.53 Å². The third-order valence-corrected chi connectivity index (χ3v) is 5.23. The van der Waals surface area contributed by atoms with Crippen LogP contribution in [0.4, 0.5) is 5.69 Å². The fraction of sp³-hybridized carbons (Fsp3) is 0.526. The van der Waals surface area contributed by atoms with E-state index in [1.165, 1.54) is 0 Å². The van der Waals surface area contributed by atoms with Crippen molar-refractivity contribution in [2.75, 3.05) is 44.8 Å². The maximum absolute atomic E-state index is 13.2. The van der Waals surface area contributed by atoms with E-state index in [2.05, 4.69) is 27.8 Å². The number of anilines is 1. The number of carbonyl (C=O) groups is 1. The van der Waals surface area contributed by atoms with Gasteiger partial charge in [0.15, 0.2) is 0 Å². The summed E-state index contributed by atoms with van der Waals surface area (Å²) in [4.78, 5) is 21.1. The molecule has 1 aromatic rings. The summed E-state index contributed by atoms with van der Waals surface area (Å²) in [7, 11) is 1.81. The molecule has 0 aliphatic carbocycles. The van der Waals surface area contributed by atoms with Crippen LogP contribution in [-0.2, 0) is 9.53 Å². The van der Waals surface area contributed by atoms with Crippen molar-refractivity contribution >= 4 is 11.6 Å². The molecule has 6 heteroatoms. The van der Waals surface area contributed by atoms with E-state index in [-0.39, 0.29) is 11.8 Å². The maximum atomic E-state index is 13.2. The fourth-order valence-corrected chi connectivity index (χ4v) is 3.88. The van der Waals surface area contributed by atoms with Crippen LogP contribution in [-0.4, -0.2) is 55.7 Å². The average molecular weight is 338 g/mol. The first-order valence-electron chi connectivity index (χ1n) is 8.44. The van der Waals surface area contributed by atoms with Crippen LogP contribution < -0.4 is 4.90 Å². The molecule has 2 unspecified atom stereocenters. The van der Waals surface area contributed by atoms with Gasteiger partial charge in [0.25, 0.3) is 0 Å². The van der Waals surface area contributed by atoms with Crippen LogP contribution in [0.1, 0.15) is 18.9 Å². The molecule has 0 spiro atoms. The Balaban J connectivity index is 1.90. The number of hydrogen-bond acceptors (Lipinski definition) is 5. The number of aromatic nitrogens is 1. The second kappa shape index (κ2) is 7.13. The molecule has 1 amide bonds. The molecular weight excluding hydrogens is 316 g/mol. The molecule has 2 saturated heterocycles. The van der Waals surface area contributed by atoms with Crippen molar-refractivity contribution in [3.63, 3.8) is 0 Å². The van der Waals surface area contributed by atoms with Gasteiger partial charge in [0, 0.05) is 45.1 Å². The molecule has 3 heterocycles. The molecule has 0 aromatic carbocycles. The highest BCUT2D eigenvalue weighted by Crippen LogP contribution is 2.45. The van der Waals surface area contributed by atoms with Gasteiger partial charge in [0.05, 0.1) is 29.8 Å². The molecule has 1 aromatic heterocycles. The largest absolute Gasteiger partial charge is 0.381 e. The van der Waals surface area contributed by atoms with E-state index in [0.717, 1.165) is 5.69 Å². The number of nitrogens with zero attached hydrogens (tertiary/aromatic N) is 4. The lowest BCUT2D eigenvalue weighted by Crippen LogP contribution is -2.51. The number of hydrogen-bond donors (Lipinski definition) is 0. The highest BCUT2D eigenvalue weighted by Gasteiger charge is 2.54. The number of fused-ring (bicyclic) bond motifs is 1. The van der Waals surface area contributed by atoms with Crippen molar-refractivity contribution in [1.82, 2.24) is 9.88 Å². The van der Waals surface area contributed by atoms with Crippen LogP contribution in [0.15, 0.2) is 18.5 Å². The Morgan fingerprint density at radius 3 is 3.20 bits per heavy atom. The van der Waals surface area contributed by atoms with Crippen LogP contribution in [0.25, 0.3) is 0 Å². The quantitative estimate of drug-likeness (QED) is 0.777. The van der Waals surface area contributed by atoms with Gasteiger partial charge in [-0.15, -0.1) is 5.92 Å². The van der Waals surface area contributed by atoms with E-state index >= 15 is 0 Å². The normalized spacial score (nSPS) is 24.7. The minimum atomic E-state index is -0.474. The lowest BCUT2D eigenvalue weighted by atomic mass is 9.73. The highest BCUT2D eigenvalue weighted by molar-refractivity contribution is 5.85. The lowest BCUT2D eigenvalue weighted by Gasteiger charge is -2.39. The summed E-state index contributed by atoms with van der Waals surface area (Å²) in [5.74, 6) is 6.05. The number of rotatable bonds is 3. The Kier molecular flexibility index (Phi) is 4.92. The SMILES string of the molecule is CC#CCN(C)C(=O)C12CCOCC1CN(c1ccncc1C#N)C2. The summed E-state index contributed by atoms with van der Waals surface area (Å²) in [6.45, 7) is 4.68. The molecule has 0 radical (unpaired) electrons. The van der Waals surface area contributed by atoms with Gasteiger partial charge in [-0.3, -0.25) is 9.78 Å². The third-order valence-electron chi connectivity index (χ3n) is 5.23. The number of pyridine rings is 1. The van der Waals surface area contributed by atoms with E-state index in [0.29, 0.717) is 44.8 Å². The first-order chi connectivity index (χ1) is 12.1. The molecule has 6 nitrogen and oxygen atoms in total. The standard InChI is InChI=1S/C19H22N4O2/c1-3-4-8-22(2)18(24)19-6-9-25-13-16(19)12-23(14-19)17-5-7-21-11-15(17)10-20/h5,7,11,16H,6,8-9,12-14H2,1-2H3. The van der Waals surface area contributed by atoms with Gasteiger partial charge in [-0.25, -0.2) is 0 Å². The lowest BCUT2D eigenvalue weighted by molar-refractivity contribution is -0.148. The van der Waals surface area contributed by atoms with Crippen LogP contribution in [0, 0.1) is 34.5 Å². The van der Waals surface area contributed by atoms with Crippen LogP contribution in [0.5, 0.6) is 0 Å². The van der Waals surface area contributed by atoms with Gasteiger partial charge in [-0.1, -0.05) is 5.92 Å². The summed E-state index contributed by atoms with van der Waals surface area (Å²) in [6, 6.07) is 4.05. The summed E-state index contributed by atoms with van der Waals surface area (Å²) in [5, 5.41) is 9.36. The van der Waals surface area contributed by atoms with Crippen molar-refractivity contribution in [2.45, 2.75) is 13.3 Å². The smallest absolute Gasteiger partial charge is 0.231 e. The van der Waals surface area contributed by atoms with Crippen molar-refractivity contribution in [1.29, 1.82) is 5.26 Å². The first kappa shape index (κ1) is 17.3. The number of amides is 1. The second-order valence-electron chi connectivity index (χ2n) is 6.65. The van der Waals surface area contributed by atoms with Crippen LogP contribution in [0.3, 0.4) is 0 Å². The third kappa shape index (κ3) is 3.06. The molecule has 0 saturated carbocycles. The van der Waals surface area contributed by atoms with Crippen LogP contribution in [0.2, 0.25) is 0 Å². The van der Waals surface area contributed by atoms with E-state index in [1.54, 1.807) is 24.2 Å². The minimum absolute atomic E-state index is 0.116.